The summed E-state index contributed by atoms with van der Waals surface area (Å²) in [6, 6.07) is 0. The molecule has 0 spiro atoms. The number of rotatable bonds is 14. The van der Waals surface area contributed by atoms with Crippen LogP contribution in [0, 0.1) is 0 Å². The summed E-state index contributed by atoms with van der Waals surface area (Å²) in [5, 5.41) is 0. The second kappa shape index (κ2) is 18.0. The van der Waals surface area contributed by atoms with E-state index in [9.17, 15) is 0 Å². The van der Waals surface area contributed by atoms with Gasteiger partial charge in [-0.2, -0.15) is 0 Å². The third-order valence-corrected chi connectivity index (χ3v) is 5.12. The van der Waals surface area contributed by atoms with Crippen LogP contribution < -0.4 is 0 Å². The first-order valence-corrected chi connectivity index (χ1v) is 11.8. The number of hydrogen-bond donors (Lipinski definition) is 0. The molecular formula is C30H48. The molecule has 0 N–H and O–H groups in total. The maximum atomic E-state index is 2.40. The molecule has 0 unspecified atom stereocenters. The van der Waals surface area contributed by atoms with E-state index in [1.165, 1.54) is 59.1 Å². The topological polar surface area (TPSA) is 0 Å². The Bertz CT molecular complexity index is 616. The molecule has 0 bridgehead atoms. The van der Waals surface area contributed by atoms with Gasteiger partial charge in [-0.1, -0.05) is 82.0 Å². The fraction of sp³-hybridized carbons (Fsp3) is 0.533. The zero-order valence-electron chi connectivity index (χ0n) is 21.3. The van der Waals surface area contributed by atoms with Crippen molar-refractivity contribution < 1.29 is 0 Å². The average molecular weight is 409 g/mol. The van der Waals surface area contributed by atoms with Crippen LogP contribution in [-0.4, -0.2) is 0 Å². The van der Waals surface area contributed by atoms with Gasteiger partial charge in [-0.3, -0.25) is 0 Å². The Morgan fingerprint density at radius 3 is 1.03 bits per heavy atom. The second-order valence-electron chi connectivity index (χ2n) is 9.23. The van der Waals surface area contributed by atoms with Crippen LogP contribution in [0.1, 0.15) is 107 Å². The van der Waals surface area contributed by atoms with Crippen molar-refractivity contribution in [2.75, 3.05) is 0 Å². The van der Waals surface area contributed by atoms with E-state index in [2.05, 4.69) is 104 Å². The fourth-order valence-corrected chi connectivity index (χ4v) is 3.08. The van der Waals surface area contributed by atoms with Crippen LogP contribution in [0.15, 0.2) is 82.0 Å². The summed E-state index contributed by atoms with van der Waals surface area (Å²) < 4.78 is 0. The second-order valence-corrected chi connectivity index (χ2v) is 9.23. The zero-order valence-corrected chi connectivity index (χ0v) is 21.3. The molecule has 0 heteroatoms. The standard InChI is InChI=1S/C30H48/c1-25(2)15-11-19-29(7)23-13-21-27(5)17-9-10-18-28(6)22-14-24-30(8)20-12-16-26(3)4/h9-10,15-18,23-24H,11-14,19-22H2,1-8H3/b10-9+,27-17+,28-18+,29-23+,30-24+. The van der Waals surface area contributed by atoms with Gasteiger partial charge < -0.3 is 0 Å². The molecule has 0 fully saturated rings. The van der Waals surface area contributed by atoms with Crippen LogP contribution in [0.25, 0.3) is 0 Å². The molecule has 168 valence electrons. The van der Waals surface area contributed by atoms with Gasteiger partial charge in [0, 0.05) is 0 Å². The van der Waals surface area contributed by atoms with E-state index in [4.69, 9.17) is 0 Å². The Morgan fingerprint density at radius 2 is 0.700 bits per heavy atom. The van der Waals surface area contributed by atoms with Gasteiger partial charge in [-0.25, -0.2) is 0 Å². The Hall–Kier alpha value is -1.82. The van der Waals surface area contributed by atoms with Crippen molar-refractivity contribution in [2.24, 2.45) is 0 Å². The lowest BCUT2D eigenvalue weighted by molar-refractivity contribution is 0.918. The zero-order chi connectivity index (χ0) is 22.8. The first-order chi connectivity index (χ1) is 14.2. The van der Waals surface area contributed by atoms with Crippen molar-refractivity contribution in [3.8, 4) is 0 Å². The highest BCUT2D eigenvalue weighted by Gasteiger charge is 1.92. The fourth-order valence-electron chi connectivity index (χ4n) is 3.08. The van der Waals surface area contributed by atoms with Gasteiger partial charge in [0.2, 0.25) is 0 Å². The smallest absolute Gasteiger partial charge is 0.0285 e. The highest BCUT2D eigenvalue weighted by molar-refractivity contribution is 5.19. The van der Waals surface area contributed by atoms with Crippen LogP contribution in [0.3, 0.4) is 0 Å². The maximum absolute atomic E-state index is 2.40. The van der Waals surface area contributed by atoms with Gasteiger partial charge in [-0.05, 0) is 107 Å². The summed E-state index contributed by atoms with van der Waals surface area (Å²) in [5.41, 5.74) is 8.74. The maximum Gasteiger partial charge on any atom is -0.0285 e. The first kappa shape index (κ1) is 28.2. The Morgan fingerprint density at radius 1 is 0.400 bits per heavy atom. The molecule has 0 aliphatic rings. The quantitative estimate of drug-likeness (QED) is 0.198. The van der Waals surface area contributed by atoms with E-state index in [0.717, 1.165) is 25.7 Å². The van der Waals surface area contributed by atoms with Crippen LogP contribution in [0.2, 0.25) is 0 Å². The van der Waals surface area contributed by atoms with E-state index < -0.39 is 0 Å². The van der Waals surface area contributed by atoms with Crippen molar-refractivity contribution in [1.82, 2.24) is 0 Å². The summed E-state index contributed by atoms with van der Waals surface area (Å²) in [6.07, 6.45) is 27.6. The molecule has 0 aromatic carbocycles. The molecule has 0 rings (SSSR count). The van der Waals surface area contributed by atoms with Crippen molar-refractivity contribution in [3.63, 3.8) is 0 Å². The molecule has 0 heterocycles. The number of allylic oxidation sites excluding steroid dienone is 14. The Kier molecular flexibility index (Phi) is 16.9. The highest BCUT2D eigenvalue weighted by Crippen LogP contribution is 2.13. The number of hydrogen-bond acceptors (Lipinski definition) is 0. The van der Waals surface area contributed by atoms with Crippen LogP contribution in [0.5, 0.6) is 0 Å². The van der Waals surface area contributed by atoms with Crippen molar-refractivity contribution >= 4 is 0 Å². The lowest BCUT2D eigenvalue weighted by atomic mass is 10.1. The van der Waals surface area contributed by atoms with Crippen molar-refractivity contribution in [2.45, 2.75) is 107 Å². The predicted octanol–water partition coefficient (Wildman–Crippen LogP) is 10.4. The van der Waals surface area contributed by atoms with Gasteiger partial charge in [0.25, 0.3) is 0 Å². The monoisotopic (exact) mass is 408 g/mol. The summed E-state index contributed by atoms with van der Waals surface area (Å²) >= 11 is 0. The summed E-state index contributed by atoms with van der Waals surface area (Å²) in [5.74, 6) is 0. The third kappa shape index (κ3) is 19.5. The Balaban J connectivity index is 4.21. The molecule has 0 radical (unpaired) electrons. The van der Waals surface area contributed by atoms with E-state index in [-0.39, 0.29) is 0 Å². The summed E-state index contributed by atoms with van der Waals surface area (Å²) in [7, 11) is 0. The van der Waals surface area contributed by atoms with E-state index in [0.29, 0.717) is 0 Å². The molecule has 0 amide bonds. The molecule has 0 aromatic rings. The van der Waals surface area contributed by atoms with E-state index >= 15 is 0 Å². The SMILES string of the molecule is CC(C)=CCC/C(C)=C/CC/C(C)=C/C=C/C=C(\C)CC/C=C(\C)CCC=C(C)C. The van der Waals surface area contributed by atoms with Gasteiger partial charge >= 0.3 is 0 Å². The summed E-state index contributed by atoms with van der Waals surface area (Å²) in [4.78, 5) is 0. The molecule has 0 atom stereocenters. The molecule has 0 saturated heterocycles. The normalized spacial score (nSPS) is 13.7. The minimum Gasteiger partial charge on any atom is -0.0856 e. The lowest BCUT2D eigenvalue weighted by Gasteiger charge is -2.01. The molecular weight excluding hydrogens is 360 g/mol. The van der Waals surface area contributed by atoms with Crippen molar-refractivity contribution in [3.05, 3.63) is 82.0 Å². The van der Waals surface area contributed by atoms with Gasteiger partial charge in [0.1, 0.15) is 0 Å². The summed E-state index contributed by atoms with van der Waals surface area (Å²) in [6.45, 7) is 17.7. The predicted molar refractivity (Wildman–Crippen MR) is 140 cm³/mol. The van der Waals surface area contributed by atoms with E-state index in [1.807, 2.05) is 0 Å². The first-order valence-electron chi connectivity index (χ1n) is 11.8. The van der Waals surface area contributed by atoms with Gasteiger partial charge in [-0.15, -0.1) is 0 Å². The molecule has 0 nitrogen and oxygen atoms in total. The van der Waals surface area contributed by atoms with E-state index in [1.54, 1.807) is 0 Å². The molecule has 30 heavy (non-hydrogen) atoms. The molecule has 0 aliphatic carbocycles. The lowest BCUT2D eigenvalue weighted by Crippen LogP contribution is -1.80. The van der Waals surface area contributed by atoms with Crippen LogP contribution >= 0.6 is 0 Å². The minimum absolute atomic E-state index is 1.14. The largest absolute Gasteiger partial charge is 0.0856 e. The van der Waals surface area contributed by atoms with Gasteiger partial charge in [0.05, 0.1) is 0 Å². The molecule has 0 saturated carbocycles. The van der Waals surface area contributed by atoms with Crippen LogP contribution in [-0.2, 0) is 0 Å². The highest BCUT2D eigenvalue weighted by atomic mass is 14.0. The molecule has 0 aliphatic heterocycles. The van der Waals surface area contributed by atoms with Gasteiger partial charge in [0.15, 0.2) is 0 Å². The Labute approximate surface area is 188 Å². The average Bonchev–Trinajstić information content (AvgIpc) is 2.64. The van der Waals surface area contributed by atoms with Crippen molar-refractivity contribution in [1.29, 1.82) is 0 Å². The van der Waals surface area contributed by atoms with Crippen LogP contribution in [0.4, 0.5) is 0 Å². The molecule has 0 aromatic heterocycles. The third-order valence-electron chi connectivity index (χ3n) is 5.12. The minimum atomic E-state index is 1.14.